The van der Waals surface area contributed by atoms with Crippen molar-refractivity contribution in [2.24, 2.45) is 5.10 Å². The van der Waals surface area contributed by atoms with E-state index >= 15 is 0 Å². The molecule has 1 aliphatic heterocycles. The van der Waals surface area contributed by atoms with Crippen LogP contribution in [-0.4, -0.2) is 48.7 Å². The first-order valence-electron chi connectivity index (χ1n) is 12.1. The van der Waals surface area contributed by atoms with Gasteiger partial charge in [-0.05, 0) is 56.5 Å². The van der Waals surface area contributed by atoms with E-state index in [9.17, 15) is 18.0 Å². The molecule has 1 saturated heterocycles. The Hall–Kier alpha value is -3.76. The first-order valence-corrected chi connectivity index (χ1v) is 13.5. The lowest BCUT2D eigenvalue weighted by Gasteiger charge is -2.21. The predicted octanol–water partition coefficient (Wildman–Crippen LogP) is 3.36. The van der Waals surface area contributed by atoms with E-state index in [4.69, 9.17) is 4.42 Å². The van der Waals surface area contributed by atoms with Crippen molar-refractivity contribution in [1.29, 1.82) is 0 Å². The van der Waals surface area contributed by atoms with E-state index < -0.39 is 21.8 Å². The van der Waals surface area contributed by atoms with Crippen LogP contribution in [0.2, 0.25) is 0 Å². The van der Waals surface area contributed by atoms with Gasteiger partial charge in [0.25, 0.3) is 0 Å². The standard InChI is InChI=1S/C27H30N4O5S/c1-20-5-9-22(10-6-20)18-31(37(34,35)25-13-7-21(2)8-14-25)19-24-12-11-23(36-24)17-28-29-26(32)27(33)30-15-3-4-16-30/h5-14,17H,3-4,15-16,18-19H2,1-2H3,(H,29,32)/b28-17+. The minimum Gasteiger partial charge on any atom is -0.459 e. The maximum Gasteiger partial charge on any atom is 0.329 e. The Morgan fingerprint density at radius 1 is 0.946 bits per heavy atom. The van der Waals surface area contributed by atoms with Gasteiger partial charge in [-0.15, -0.1) is 0 Å². The zero-order chi connectivity index (χ0) is 26.4. The number of rotatable bonds is 8. The number of hydrazone groups is 1. The molecule has 1 aliphatic rings. The van der Waals surface area contributed by atoms with E-state index in [1.165, 1.54) is 15.4 Å². The van der Waals surface area contributed by atoms with Crippen LogP contribution < -0.4 is 5.43 Å². The quantitative estimate of drug-likeness (QED) is 0.277. The molecule has 3 aromatic rings. The lowest BCUT2D eigenvalue weighted by Crippen LogP contribution is -2.39. The van der Waals surface area contributed by atoms with Crippen LogP contribution in [0, 0.1) is 13.8 Å². The highest BCUT2D eigenvalue weighted by molar-refractivity contribution is 7.89. The molecule has 2 heterocycles. The molecule has 4 rings (SSSR count). The third kappa shape index (κ3) is 6.72. The number of nitrogens with one attached hydrogen (secondary N) is 1. The third-order valence-electron chi connectivity index (χ3n) is 6.10. The van der Waals surface area contributed by atoms with Crippen molar-refractivity contribution in [3.05, 3.63) is 88.9 Å². The smallest absolute Gasteiger partial charge is 0.329 e. The van der Waals surface area contributed by atoms with Crippen molar-refractivity contribution < 1.29 is 22.4 Å². The molecule has 2 amide bonds. The lowest BCUT2D eigenvalue weighted by atomic mass is 10.1. The molecule has 9 nitrogen and oxygen atoms in total. The maximum atomic E-state index is 13.5. The van der Waals surface area contributed by atoms with E-state index in [1.807, 2.05) is 38.1 Å². The average molecular weight is 523 g/mol. The summed E-state index contributed by atoms with van der Waals surface area (Å²) >= 11 is 0. The summed E-state index contributed by atoms with van der Waals surface area (Å²) in [5, 5.41) is 3.81. The topological polar surface area (TPSA) is 112 Å². The summed E-state index contributed by atoms with van der Waals surface area (Å²) in [5.41, 5.74) is 5.12. The third-order valence-corrected chi connectivity index (χ3v) is 7.90. The molecule has 0 radical (unpaired) electrons. The molecule has 0 saturated carbocycles. The second-order valence-electron chi connectivity index (χ2n) is 9.07. The summed E-state index contributed by atoms with van der Waals surface area (Å²) in [4.78, 5) is 25.8. The Bertz CT molecular complexity index is 1370. The van der Waals surface area contributed by atoms with Crippen LogP contribution in [0.4, 0.5) is 0 Å². The first-order chi connectivity index (χ1) is 17.7. The van der Waals surface area contributed by atoms with Crippen LogP contribution in [0.25, 0.3) is 0 Å². The highest BCUT2D eigenvalue weighted by Crippen LogP contribution is 2.22. The van der Waals surface area contributed by atoms with Crippen LogP contribution in [0.1, 0.15) is 41.1 Å². The normalized spacial score (nSPS) is 14.0. The van der Waals surface area contributed by atoms with Gasteiger partial charge in [0.15, 0.2) is 0 Å². The number of carbonyl (C=O) groups is 2. The molecular formula is C27H30N4O5S. The molecule has 0 bridgehead atoms. The highest BCUT2D eigenvalue weighted by atomic mass is 32.2. The lowest BCUT2D eigenvalue weighted by molar-refractivity contribution is -0.145. The predicted molar refractivity (Wildman–Crippen MR) is 139 cm³/mol. The number of hydrogen-bond donors (Lipinski definition) is 1. The largest absolute Gasteiger partial charge is 0.459 e. The van der Waals surface area contributed by atoms with Crippen LogP contribution in [-0.2, 0) is 32.7 Å². The summed E-state index contributed by atoms with van der Waals surface area (Å²) in [6.45, 7) is 5.18. The number of carbonyl (C=O) groups excluding carboxylic acids is 2. The van der Waals surface area contributed by atoms with Crippen LogP contribution in [0.3, 0.4) is 0 Å². The second-order valence-corrected chi connectivity index (χ2v) is 11.0. The van der Waals surface area contributed by atoms with Gasteiger partial charge in [0.05, 0.1) is 17.7 Å². The van der Waals surface area contributed by atoms with Gasteiger partial charge in [-0.3, -0.25) is 9.59 Å². The van der Waals surface area contributed by atoms with Gasteiger partial charge >= 0.3 is 11.8 Å². The minimum atomic E-state index is -3.82. The summed E-state index contributed by atoms with van der Waals surface area (Å²) in [6, 6.07) is 17.7. The Kier molecular flexibility index (Phi) is 8.20. The van der Waals surface area contributed by atoms with Crippen molar-refractivity contribution in [3.8, 4) is 0 Å². The van der Waals surface area contributed by atoms with Crippen molar-refractivity contribution in [3.63, 3.8) is 0 Å². The molecule has 0 spiro atoms. The van der Waals surface area contributed by atoms with Gasteiger partial charge in [-0.2, -0.15) is 9.41 Å². The number of hydrogen-bond acceptors (Lipinski definition) is 6. The van der Waals surface area contributed by atoms with Crippen molar-refractivity contribution in [2.45, 2.75) is 44.7 Å². The fourth-order valence-corrected chi connectivity index (χ4v) is 5.37. The van der Waals surface area contributed by atoms with Gasteiger partial charge in [0.1, 0.15) is 11.5 Å². The molecule has 0 aliphatic carbocycles. The zero-order valence-corrected chi connectivity index (χ0v) is 21.7. The number of aryl methyl sites for hydroxylation is 2. The molecular weight excluding hydrogens is 492 g/mol. The Labute approximate surface area is 216 Å². The van der Waals surface area contributed by atoms with E-state index in [2.05, 4.69) is 10.5 Å². The first kappa shape index (κ1) is 26.3. The molecule has 1 aromatic heterocycles. The molecule has 10 heteroatoms. The van der Waals surface area contributed by atoms with E-state index in [-0.39, 0.29) is 18.0 Å². The van der Waals surface area contributed by atoms with E-state index in [0.29, 0.717) is 24.6 Å². The molecule has 0 unspecified atom stereocenters. The number of benzene rings is 2. The molecule has 0 atom stereocenters. The van der Waals surface area contributed by atoms with Gasteiger partial charge in [0, 0.05) is 19.6 Å². The maximum absolute atomic E-state index is 13.5. The Balaban J connectivity index is 1.47. The van der Waals surface area contributed by atoms with Crippen LogP contribution in [0.15, 0.2) is 75.1 Å². The monoisotopic (exact) mass is 522 g/mol. The summed E-state index contributed by atoms with van der Waals surface area (Å²) < 4.78 is 34.2. The molecule has 1 N–H and O–H groups in total. The van der Waals surface area contributed by atoms with E-state index in [0.717, 1.165) is 29.5 Å². The number of amides is 2. The van der Waals surface area contributed by atoms with Crippen molar-refractivity contribution in [2.75, 3.05) is 13.1 Å². The molecule has 194 valence electrons. The zero-order valence-electron chi connectivity index (χ0n) is 20.9. The summed E-state index contributed by atoms with van der Waals surface area (Å²) in [7, 11) is -3.82. The summed E-state index contributed by atoms with van der Waals surface area (Å²) in [6.07, 6.45) is 3.05. The average Bonchev–Trinajstić information content (AvgIpc) is 3.57. The molecule has 37 heavy (non-hydrogen) atoms. The van der Waals surface area contributed by atoms with Crippen LogP contribution in [0.5, 0.6) is 0 Å². The number of furan rings is 1. The van der Waals surface area contributed by atoms with Gasteiger partial charge < -0.3 is 9.32 Å². The number of nitrogens with zero attached hydrogens (tertiary/aromatic N) is 3. The Morgan fingerprint density at radius 3 is 2.22 bits per heavy atom. The molecule has 1 fully saturated rings. The number of sulfonamides is 1. The summed E-state index contributed by atoms with van der Waals surface area (Å²) in [5.74, 6) is -0.697. The number of likely N-dealkylation sites (tertiary alicyclic amines) is 1. The fraction of sp³-hybridized carbons (Fsp3) is 0.296. The van der Waals surface area contributed by atoms with Gasteiger partial charge in [0.2, 0.25) is 10.0 Å². The highest BCUT2D eigenvalue weighted by Gasteiger charge is 2.26. The van der Waals surface area contributed by atoms with Crippen molar-refractivity contribution in [1.82, 2.24) is 14.6 Å². The molecule has 2 aromatic carbocycles. The minimum absolute atomic E-state index is 0.00225. The Morgan fingerprint density at radius 2 is 1.57 bits per heavy atom. The van der Waals surface area contributed by atoms with Gasteiger partial charge in [-0.25, -0.2) is 13.8 Å². The van der Waals surface area contributed by atoms with Crippen molar-refractivity contribution >= 4 is 28.1 Å². The van der Waals surface area contributed by atoms with Gasteiger partial charge in [-0.1, -0.05) is 47.5 Å². The SMILES string of the molecule is Cc1ccc(CN(Cc2ccc(/C=N/NC(=O)C(=O)N3CCCC3)o2)S(=O)(=O)c2ccc(C)cc2)cc1. The van der Waals surface area contributed by atoms with E-state index in [1.54, 1.807) is 36.4 Å². The fourth-order valence-electron chi connectivity index (χ4n) is 3.97. The second kappa shape index (κ2) is 11.5. The van der Waals surface area contributed by atoms with Crippen LogP contribution >= 0.6 is 0 Å².